The molecular weight excluding hydrogens is 342 g/mol. The van der Waals surface area contributed by atoms with Gasteiger partial charge in [0, 0.05) is 24.5 Å². The molecule has 2 rings (SSSR count). The number of allylic oxidation sites excluding steroid dienone is 1. The molecule has 0 fully saturated rings. The number of hydrogen-bond donors (Lipinski definition) is 0. The van der Waals surface area contributed by atoms with E-state index in [0.717, 1.165) is 18.8 Å². The van der Waals surface area contributed by atoms with Crippen molar-refractivity contribution in [2.24, 2.45) is 5.41 Å². The molecule has 2 aromatic carbocycles. The minimum absolute atomic E-state index is 0.0439. The van der Waals surface area contributed by atoms with Crippen LogP contribution in [-0.4, -0.2) is 17.5 Å². The summed E-state index contributed by atoms with van der Waals surface area (Å²) in [4.78, 5) is 2.42. The van der Waals surface area contributed by atoms with Crippen LogP contribution >= 0.6 is 0 Å². The average Bonchev–Trinajstić information content (AvgIpc) is 2.65. The Morgan fingerprint density at radius 2 is 1.71 bits per heavy atom. The molecule has 2 aromatic rings. The molecule has 0 saturated carbocycles. The molecule has 0 amide bonds. The second-order valence-corrected chi connectivity index (χ2v) is 8.37. The van der Waals surface area contributed by atoms with Gasteiger partial charge >= 0.3 is 0 Å². The number of ether oxygens (including phenoxy) is 1. The highest BCUT2D eigenvalue weighted by atomic mass is 16.5. The third-order valence-corrected chi connectivity index (χ3v) is 4.25. The third kappa shape index (κ3) is 8.46. The molecule has 0 atom stereocenters. The fourth-order valence-corrected chi connectivity index (χ4v) is 2.67. The summed E-state index contributed by atoms with van der Waals surface area (Å²) in [7, 11) is 0. The highest BCUT2D eigenvalue weighted by molar-refractivity contribution is 5.29. The second kappa shape index (κ2) is 10.7. The first-order chi connectivity index (χ1) is 13.3. The van der Waals surface area contributed by atoms with Gasteiger partial charge in [-0.25, -0.2) is 0 Å². The molecule has 0 aliphatic heterocycles. The van der Waals surface area contributed by atoms with E-state index in [9.17, 15) is 0 Å². The maximum atomic E-state index is 5.97. The van der Waals surface area contributed by atoms with Crippen LogP contribution in [-0.2, 0) is 13.2 Å². The van der Waals surface area contributed by atoms with Gasteiger partial charge in [-0.1, -0.05) is 60.4 Å². The Hall–Kier alpha value is -2.50. The van der Waals surface area contributed by atoms with E-state index in [1.807, 2.05) is 30.3 Å². The lowest BCUT2D eigenvalue weighted by molar-refractivity contribution is 0.236. The van der Waals surface area contributed by atoms with Gasteiger partial charge < -0.3 is 4.74 Å². The first-order valence-corrected chi connectivity index (χ1v) is 10.0. The maximum Gasteiger partial charge on any atom is 0.120 e. The highest BCUT2D eigenvalue weighted by Crippen LogP contribution is 2.17. The van der Waals surface area contributed by atoms with Gasteiger partial charge in [-0.15, -0.1) is 0 Å². The van der Waals surface area contributed by atoms with Crippen LogP contribution in [0.25, 0.3) is 0 Å². The molecule has 28 heavy (non-hydrogen) atoms. The van der Waals surface area contributed by atoms with Crippen LogP contribution in [0, 0.1) is 17.3 Å². The van der Waals surface area contributed by atoms with Gasteiger partial charge in [-0.05, 0) is 64.0 Å². The van der Waals surface area contributed by atoms with Crippen molar-refractivity contribution in [2.75, 3.05) is 6.54 Å². The molecular formula is C26H33NO. The monoisotopic (exact) mass is 375 g/mol. The number of nitrogens with zero attached hydrogens (tertiary/aromatic N) is 1. The van der Waals surface area contributed by atoms with Gasteiger partial charge in [0.25, 0.3) is 0 Å². The molecule has 0 N–H and O–H groups in total. The van der Waals surface area contributed by atoms with Gasteiger partial charge in [0.2, 0.25) is 0 Å². The van der Waals surface area contributed by atoms with E-state index in [4.69, 9.17) is 4.74 Å². The van der Waals surface area contributed by atoms with Crippen molar-refractivity contribution in [3.63, 3.8) is 0 Å². The Bertz CT molecular complexity index is 804. The predicted octanol–water partition coefficient (Wildman–Crippen LogP) is 6.08. The van der Waals surface area contributed by atoms with Crippen molar-refractivity contribution in [2.45, 2.75) is 53.8 Å². The fourth-order valence-electron chi connectivity index (χ4n) is 2.67. The van der Waals surface area contributed by atoms with Crippen LogP contribution in [0.1, 0.15) is 45.7 Å². The van der Waals surface area contributed by atoms with Crippen molar-refractivity contribution in [1.29, 1.82) is 0 Å². The van der Waals surface area contributed by atoms with Crippen molar-refractivity contribution in [1.82, 2.24) is 4.90 Å². The minimum atomic E-state index is 0.0439. The van der Waals surface area contributed by atoms with Crippen molar-refractivity contribution >= 4 is 0 Å². The largest absolute Gasteiger partial charge is 0.489 e. The zero-order valence-corrected chi connectivity index (χ0v) is 17.9. The molecule has 2 nitrogen and oxygen atoms in total. The smallest absolute Gasteiger partial charge is 0.120 e. The zero-order chi connectivity index (χ0) is 20.4. The lowest BCUT2D eigenvalue weighted by Gasteiger charge is -2.25. The van der Waals surface area contributed by atoms with Crippen LogP contribution in [0.2, 0.25) is 0 Å². The van der Waals surface area contributed by atoms with Crippen LogP contribution in [0.3, 0.4) is 0 Å². The molecule has 0 radical (unpaired) electrons. The highest BCUT2D eigenvalue weighted by Gasteiger charge is 2.09. The standard InChI is InChI=1S/C26H33NO/c1-22(2)27(18-11-7-10-17-26(3,4)5)20-24-15-12-16-25(19-24)28-21-23-13-8-6-9-14-23/h6-9,11-16,19,22H,18,20-21H2,1-5H3/b11-7-. The Morgan fingerprint density at radius 3 is 2.39 bits per heavy atom. The maximum absolute atomic E-state index is 5.97. The Kier molecular flexibility index (Phi) is 8.36. The zero-order valence-electron chi connectivity index (χ0n) is 17.9. The quantitative estimate of drug-likeness (QED) is 0.518. The first kappa shape index (κ1) is 21.8. The van der Waals surface area contributed by atoms with Gasteiger partial charge in [0.05, 0.1) is 0 Å². The topological polar surface area (TPSA) is 12.5 Å². The normalized spacial score (nSPS) is 11.7. The second-order valence-electron chi connectivity index (χ2n) is 8.37. The summed E-state index contributed by atoms with van der Waals surface area (Å²) in [5, 5.41) is 0. The molecule has 0 saturated heterocycles. The molecule has 0 aliphatic carbocycles. The van der Waals surface area contributed by atoms with Crippen LogP contribution < -0.4 is 4.74 Å². The summed E-state index contributed by atoms with van der Waals surface area (Å²) in [6.07, 6.45) is 4.12. The van der Waals surface area contributed by atoms with E-state index < -0.39 is 0 Å². The summed E-state index contributed by atoms with van der Waals surface area (Å²) < 4.78 is 5.97. The van der Waals surface area contributed by atoms with E-state index in [-0.39, 0.29) is 5.41 Å². The molecule has 0 heterocycles. The van der Waals surface area contributed by atoms with E-state index >= 15 is 0 Å². The van der Waals surface area contributed by atoms with Crippen molar-refractivity contribution in [3.8, 4) is 17.6 Å². The molecule has 2 heteroatoms. The minimum Gasteiger partial charge on any atom is -0.489 e. The molecule has 0 bridgehead atoms. The summed E-state index contributed by atoms with van der Waals surface area (Å²) in [5.74, 6) is 7.30. The van der Waals surface area contributed by atoms with Gasteiger partial charge in [-0.2, -0.15) is 0 Å². The Morgan fingerprint density at radius 1 is 1.00 bits per heavy atom. The van der Waals surface area contributed by atoms with Crippen LogP contribution in [0.15, 0.2) is 66.7 Å². The molecule has 0 unspecified atom stereocenters. The van der Waals surface area contributed by atoms with Gasteiger partial charge in [-0.3, -0.25) is 4.90 Å². The summed E-state index contributed by atoms with van der Waals surface area (Å²) in [5.41, 5.74) is 2.48. The third-order valence-electron chi connectivity index (χ3n) is 4.25. The summed E-state index contributed by atoms with van der Waals surface area (Å²) in [6, 6.07) is 19.1. The number of rotatable bonds is 8. The van der Waals surface area contributed by atoms with Crippen LogP contribution in [0.5, 0.6) is 5.75 Å². The molecule has 0 aromatic heterocycles. The van der Waals surface area contributed by atoms with E-state index in [1.54, 1.807) is 0 Å². The van der Waals surface area contributed by atoms with Crippen molar-refractivity contribution in [3.05, 3.63) is 77.9 Å². The predicted molar refractivity (Wildman–Crippen MR) is 119 cm³/mol. The van der Waals surface area contributed by atoms with E-state index in [1.165, 1.54) is 11.1 Å². The van der Waals surface area contributed by atoms with Gasteiger partial charge in [0.15, 0.2) is 0 Å². The van der Waals surface area contributed by atoms with Gasteiger partial charge in [0.1, 0.15) is 12.4 Å². The Balaban J connectivity index is 1.94. The fraction of sp³-hybridized carbons (Fsp3) is 0.385. The summed E-state index contributed by atoms with van der Waals surface area (Å²) >= 11 is 0. The van der Waals surface area contributed by atoms with E-state index in [0.29, 0.717) is 12.6 Å². The lowest BCUT2D eigenvalue weighted by atomic mass is 9.98. The SMILES string of the molecule is CC(C)N(C/C=C\C#CC(C)(C)C)Cc1cccc(OCc2ccccc2)c1. The molecule has 148 valence electrons. The number of benzene rings is 2. The lowest BCUT2D eigenvalue weighted by Crippen LogP contribution is -2.30. The summed E-state index contributed by atoms with van der Waals surface area (Å²) in [6.45, 7) is 13.2. The Labute approximate surface area is 171 Å². The average molecular weight is 376 g/mol. The molecule has 0 aliphatic rings. The number of hydrogen-bond acceptors (Lipinski definition) is 2. The molecule has 0 spiro atoms. The van der Waals surface area contributed by atoms with Crippen LogP contribution in [0.4, 0.5) is 0 Å². The van der Waals surface area contributed by atoms with Crippen molar-refractivity contribution < 1.29 is 4.74 Å². The first-order valence-electron chi connectivity index (χ1n) is 10.0. The van der Waals surface area contributed by atoms with E-state index in [2.05, 4.69) is 87.8 Å².